The first-order valence-corrected chi connectivity index (χ1v) is 9.18. The van der Waals surface area contributed by atoms with Crippen molar-refractivity contribution < 1.29 is 13.5 Å². The lowest BCUT2D eigenvalue weighted by molar-refractivity contribution is 0.239. The molecule has 0 aliphatic rings. The summed E-state index contributed by atoms with van der Waals surface area (Å²) >= 11 is 2.66. The van der Waals surface area contributed by atoms with E-state index in [9.17, 15) is 13.5 Å². The number of sulfone groups is 1. The molecule has 0 saturated heterocycles. The van der Waals surface area contributed by atoms with E-state index in [1.165, 1.54) is 42.6 Å². The van der Waals surface area contributed by atoms with Gasteiger partial charge in [-0.3, -0.25) is 0 Å². The molecule has 0 bridgehead atoms. The van der Waals surface area contributed by atoms with Crippen molar-refractivity contribution >= 4 is 33.4 Å². The fourth-order valence-corrected chi connectivity index (χ4v) is 5.52. The minimum Gasteiger partial charge on any atom is -0.388 e. The summed E-state index contributed by atoms with van der Waals surface area (Å²) in [5.41, 5.74) is 0. The van der Waals surface area contributed by atoms with Gasteiger partial charge in [-0.1, -0.05) is 18.2 Å². The molecule has 1 aromatic carbocycles. The molecule has 0 heterocycles. The summed E-state index contributed by atoms with van der Waals surface area (Å²) in [4.78, 5) is 0.287. The molecule has 100 valence electrons. The van der Waals surface area contributed by atoms with Crippen molar-refractivity contribution in [1.29, 1.82) is 0 Å². The maximum atomic E-state index is 12.5. The van der Waals surface area contributed by atoms with E-state index in [1.807, 2.05) is 0 Å². The molecular weight excluding hydrogens is 288 g/mol. The standard InChI is InChI=1S/C12H16O3S3/c1-9(13)11(12(16-2)17-3)18(14,15)10-7-5-4-6-8-10/h4-9,13H,1-3H3. The maximum absolute atomic E-state index is 12.5. The van der Waals surface area contributed by atoms with Crippen molar-refractivity contribution in [2.75, 3.05) is 12.5 Å². The molecule has 0 aromatic heterocycles. The van der Waals surface area contributed by atoms with E-state index in [-0.39, 0.29) is 9.80 Å². The van der Waals surface area contributed by atoms with E-state index in [1.54, 1.807) is 30.7 Å². The largest absolute Gasteiger partial charge is 0.388 e. The van der Waals surface area contributed by atoms with Gasteiger partial charge in [0.2, 0.25) is 9.84 Å². The highest BCUT2D eigenvalue weighted by atomic mass is 32.2. The Morgan fingerprint density at radius 2 is 1.67 bits per heavy atom. The van der Waals surface area contributed by atoms with Crippen LogP contribution < -0.4 is 0 Å². The molecule has 1 atom stereocenters. The molecular formula is C12H16O3S3. The third-order valence-electron chi connectivity index (χ3n) is 2.29. The second-order valence-corrected chi connectivity index (χ2v) is 7.36. The number of thioether (sulfide) groups is 2. The average Bonchev–Trinajstić information content (AvgIpc) is 2.36. The molecule has 0 amide bonds. The van der Waals surface area contributed by atoms with E-state index in [0.29, 0.717) is 4.24 Å². The van der Waals surface area contributed by atoms with Gasteiger partial charge in [0.1, 0.15) is 0 Å². The van der Waals surface area contributed by atoms with Crippen LogP contribution in [0.5, 0.6) is 0 Å². The van der Waals surface area contributed by atoms with Gasteiger partial charge in [-0.05, 0) is 31.6 Å². The zero-order chi connectivity index (χ0) is 13.8. The van der Waals surface area contributed by atoms with E-state index in [0.717, 1.165) is 0 Å². The van der Waals surface area contributed by atoms with Crippen molar-refractivity contribution in [3.05, 3.63) is 39.5 Å². The van der Waals surface area contributed by atoms with Gasteiger partial charge in [0.25, 0.3) is 0 Å². The lowest BCUT2D eigenvalue weighted by Crippen LogP contribution is -2.17. The number of benzene rings is 1. The van der Waals surface area contributed by atoms with Crippen LogP contribution in [0.2, 0.25) is 0 Å². The molecule has 1 aromatic rings. The monoisotopic (exact) mass is 304 g/mol. The molecule has 6 heteroatoms. The van der Waals surface area contributed by atoms with Gasteiger partial charge in [-0.15, -0.1) is 23.5 Å². The van der Waals surface area contributed by atoms with E-state index >= 15 is 0 Å². The van der Waals surface area contributed by atoms with E-state index in [4.69, 9.17) is 0 Å². The normalized spacial score (nSPS) is 13.1. The molecule has 1 rings (SSSR count). The third-order valence-corrected chi connectivity index (χ3v) is 6.75. The van der Waals surface area contributed by atoms with Crippen molar-refractivity contribution in [2.24, 2.45) is 0 Å². The molecule has 3 nitrogen and oxygen atoms in total. The number of hydrogen-bond donors (Lipinski definition) is 1. The number of rotatable bonds is 5. The van der Waals surface area contributed by atoms with Gasteiger partial charge in [-0.2, -0.15) is 0 Å². The first-order valence-electron chi connectivity index (χ1n) is 5.25. The van der Waals surface area contributed by atoms with Crippen LogP contribution in [0.25, 0.3) is 0 Å². The number of aliphatic hydroxyl groups is 1. The molecule has 18 heavy (non-hydrogen) atoms. The second kappa shape index (κ2) is 6.65. The van der Waals surface area contributed by atoms with Crippen LogP contribution in [-0.4, -0.2) is 32.1 Å². The van der Waals surface area contributed by atoms with Crippen LogP contribution >= 0.6 is 23.5 Å². The lowest BCUT2D eigenvalue weighted by atomic mass is 10.4. The summed E-state index contributed by atoms with van der Waals surface area (Å²) in [5, 5.41) is 9.78. The fourth-order valence-electron chi connectivity index (χ4n) is 1.52. The lowest BCUT2D eigenvalue weighted by Gasteiger charge is -2.15. The Labute approximate surface area is 117 Å². The second-order valence-electron chi connectivity index (χ2n) is 3.55. The summed E-state index contributed by atoms with van der Waals surface area (Å²) in [6.07, 6.45) is 2.58. The summed E-state index contributed by atoms with van der Waals surface area (Å²) < 4.78 is 25.6. The van der Waals surface area contributed by atoms with Gasteiger partial charge in [0.05, 0.1) is 20.1 Å². The van der Waals surface area contributed by atoms with Gasteiger partial charge < -0.3 is 5.11 Å². The Kier molecular flexibility index (Phi) is 5.78. The first kappa shape index (κ1) is 15.6. The number of hydrogen-bond acceptors (Lipinski definition) is 5. The zero-order valence-corrected chi connectivity index (χ0v) is 12.9. The van der Waals surface area contributed by atoms with Crippen LogP contribution in [0.3, 0.4) is 0 Å². The van der Waals surface area contributed by atoms with Gasteiger partial charge >= 0.3 is 0 Å². The molecule has 0 aliphatic carbocycles. The summed E-state index contributed by atoms with van der Waals surface area (Å²) in [7, 11) is -3.64. The molecule has 0 radical (unpaired) electrons. The Bertz CT molecular complexity index is 513. The van der Waals surface area contributed by atoms with Gasteiger partial charge in [-0.25, -0.2) is 8.42 Å². The highest BCUT2D eigenvalue weighted by molar-refractivity contribution is 8.22. The SMILES string of the molecule is CSC(SC)=C(C(C)O)S(=O)(=O)c1ccccc1. The Hall–Kier alpha value is -0.430. The molecule has 1 N–H and O–H groups in total. The topological polar surface area (TPSA) is 54.4 Å². The van der Waals surface area contributed by atoms with Crippen LogP contribution in [0.15, 0.2) is 44.4 Å². The van der Waals surface area contributed by atoms with Crippen molar-refractivity contribution in [2.45, 2.75) is 17.9 Å². The Morgan fingerprint density at radius 1 is 1.17 bits per heavy atom. The highest BCUT2D eigenvalue weighted by Crippen LogP contribution is 2.34. The van der Waals surface area contributed by atoms with E-state index < -0.39 is 15.9 Å². The smallest absolute Gasteiger partial charge is 0.206 e. The van der Waals surface area contributed by atoms with Crippen molar-refractivity contribution in [1.82, 2.24) is 0 Å². The van der Waals surface area contributed by atoms with E-state index in [2.05, 4.69) is 0 Å². The highest BCUT2D eigenvalue weighted by Gasteiger charge is 2.27. The average molecular weight is 304 g/mol. The van der Waals surface area contributed by atoms with Gasteiger partial charge in [0.15, 0.2) is 0 Å². The molecule has 0 fully saturated rings. The molecule has 0 saturated carbocycles. The molecule has 0 spiro atoms. The predicted octanol–water partition coefficient (Wildman–Crippen LogP) is 2.74. The third kappa shape index (κ3) is 3.32. The van der Waals surface area contributed by atoms with Gasteiger partial charge in [0, 0.05) is 0 Å². The Balaban J connectivity index is 3.45. The Morgan fingerprint density at radius 3 is 2.06 bits per heavy atom. The quantitative estimate of drug-likeness (QED) is 0.906. The molecule has 1 unspecified atom stereocenters. The van der Waals surface area contributed by atoms with Crippen LogP contribution in [0.4, 0.5) is 0 Å². The summed E-state index contributed by atoms with van der Waals surface area (Å²) in [5.74, 6) is 0. The minimum absolute atomic E-state index is 0.0775. The zero-order valence-electron chi connectivity index (χ0n) is 10.5. The van der Waals surface area contributed by atoms with Crippen LogP contribution in [0.1, 0.15) is 6.92 Å². The predicted molar refractivity (Wildman–Crippen MR) is 79.4 cm³/mol. The summed E-state index contributed by atoms with van der Waals surface area (Å²) in [6, 6.07) is 8.18. The van der Waals surface area contributed by atoms with Crippen molar-refractivity contribution in [3.63, 3.8) is 0 Å². The maximum Gasteiger partial charge on any atom is 0.206 e. The van der Waals surface area contributed by atoms with Crippen LogP contribution in [-0.2, 0) is 9.84 Å². The molecule has 0 aliphatic heterocycles. The van der Waals surface area contributed by atoms with Crippen LogP contribution in [0, 0.1) is 0 Å². The fraction of sp³-hybridized carbons (Fsp3) is 0.333. The minimum atomic E-state index is -3.64. The first-order chi connectivity index (χ1) is 8.45. The number of aliphatic hydroxyl groups excluding tert-OH is 1. The summed E-state index contributed by atoms with van der Waals surface area (Å²) in [6.45, 7) is 1.47. The van der Waals surface area contributed by atoms with Crippen molar-refractivity contribution in [3.8, 4) is 0 Å².